The molecule has 12 heteroatoms. The molecule has 0 heterocycles. The number of sulfone groups is 1. The Morgan fingerprint density at radius 3 is 2.15 bits per heavy atom. The first kappa shape index (κ1) is 25.1. The third kappa shape index (κ3) is 6.53. The summed E-state index contributed by atoms with van der Waals surface area (Å²) in [5, 5.41) is 5.10. The molecule has 1 amide bonds. The van der Waals surface area contributed by atoms with Crippen LogP contribution in [0.1, 0.15) is 10.4 Å². The van der Waals surface area contributed by atoms with Crippen LogP contribution < -0.4 is 20.1 Å². The fourth-order valence-electron chi connectivity index (χ4n) is 2.82. The van der Waals surface area contributed by atoms with E-state index in [1.807, 2.05) is 0 Å². The van der Waals surface area contributed by atoms with Crippen molar-refractivity contribution in [2.24, 2.45) is 0 Å². The Hall–Kier alpha value is -3.48. The summed E-state index contributed by atoms with van der Waals surface area (Å²) in [6, 6.07) is 17.8. The third-order valence-corrected chi connectivity index (χ3v) is 7.19. The number of nitrogens with one attached hydrogen (secondary N) is 3. The van der Waals surface area contributed by atoms with Crippen molar-refractivity contribution >= 4 is 54.5 Å². The lowest BCUT2D eigenvalue weighted by molar-refractivity contribution is 0.0977. The van der Waals surface area contributed by atoms with Gasteiger partial charge in [-0.05, 0) is 72.9 Å². The standard InChI is InChI=1S/C22H21N3O6S3/c1-31-18-11-9-16(10-12-18)25-34(29,30)20-8-4-6-17(14-20)23-22(32)24-21(26)15-5-3-7-19(13-15)33(2,27)28/h3-14,25H,1-2H3,(H2,23,24,26,32). The first-order valence-corrected chi connectivity index (χ1v) is 13.5. The molecule has 34 heavy (non-hydrogen) atoms. The lowest BCUT2D eigenvalue weighted by atomic mass is 10.2. The van der Waals surface area contributed by atoms with Gasteiger partial charge in [-0.3, -0.25) is 14.8 Å². The first-order chi connectivity index (χ1) is 16.0. The van der Waals surface area contributed by atoms with Gasteiger partial charge < -0.3 is 10.1 Å². The van der Waals surface area contributed by atoms with E-state index in [1.54, 1.807) is 30.3 Å². The second-order valence-electron chi connectivity index (χ2n) is 7.07. The van der Waals surface area contributed by atoms with Crippen molar-refractivity contribution in [1.29, 1.82) is 0 Å². The van der Waals surface area contributed by atoms with E-state index in [9.17, 15) is 21.6 Å². The molecule has 178 valence electrons. The van der Waals surface area contributed by atoms with Crippen LogP contribution in [0.25, 0.3) is 0 Å². The second-order valence-corrected chi connectivity index (χ2v) is 11.2. The molecular formula is C22H21N3O6S3. The van der Waals surface area contributed by atoms with Crippen LogP contribution in [0.15, 0.2) is 82.6 Å². The van der Waals surface area contributed by atoms with Gasteiger partial charge in [0.2, 0.25) is 0 Å². The predicted octanol–water partition coefficient (Wildman–Crippen LogP) is 3.03. The van der Waals surface area contributed by atoms with E-state index >= 15 is 0 Å². The average Bonchev–Trinajstić information content (AvgIpc) is 2.79. The van der Waals surface area contributed by atoms with E-state index in [4.69, 9.17) is 17.0 Å². The molecule has 0 aliphatic carbocycles. The summed E-state index contributed by atoms with van der Waals surface area (Å²) in [6.45, 7) is 0. The molecule has 0 fully saturated rings. The van der Waals surface area contributed by atoms with Crippen LogP contribution >= 0.6 is 12.2 Å². The molecule has 3 rings (SSSR count). The molecule has 0 spiro atoms. The van der Waals surface area contributed by atoms with Gasteiger partial charge in [-0.2, -0.15) is 0 Å². The van der Waals surface area contributed by atoms with Crippen LogP contribution in [0.3, 0.4) is 0 Å². The van der Waals surface area contributed by atoms with E-state index in [2.05, 4.69) is 15.4 Å². The highest BCUT2D eigenvalue weighted by molar-refractivity contribution is 7.92. The van der Waals surface area contributed by atoms with Crippen molar-refractivity contribution in [2.75, 3.05) is 23.4 Å². The van der Waals surface area contributed by atoms with Crippen molar-refractivity contribution in [3.05, 3.63) is 78.4 Å². The van der Waals surface area contributed by atoms with Gasteiger partial charge >= 0.3 is 0 Å². The Balaban J connectivity index is 1.69. The average molecular weight is 520 g/mol. The van der Waals surface area contributed by atoms with Crippen LogP contribution in [0.4, 0.5) is 11.4 Å². The number of benzene rings is 3. The monoisotopic (exact) mass is 519 g/mol. The predicted molar refractivity (Wildman–Crippen MR) is 133 cm³/mol. The van der Waals surface area contributed by atoms with Gasteiger partial charge in [-0.1, -0.05) is 12.1 Å². The second kappa shape index (κ2) is 10.2. The Morgan fingerprint density at radius 2 is 1.50 bits per heavy atom. The van der Waals surface area contributed by atoms with E-state index in [0.717, 1.165) is 6.26 Å². The fraction of sp³-hybridized carbons (Fsp3) is 0.0909. The summed E-state index contributed by atoms with van der Waals surface area (Å²) in [5.74, 6) is -0.0271. The molecule has 0 saturated carbocycles. The number of anilines is 2. The number of amides is 1. The molecule has 0 unspecified atom stereocenters. The zero-order chi connectivity index (χ0) is 24.9. The maximum Gasteiger partial charge on any atom is 0.261 e. The minimum Gasteiger partial charge on any atom is -0.497 e. The van der Waals surface area contributed by atoms with Crippen LogP contribution in [-0.2, 0) is 19.9 Å². The number of hydrogen-bond donors (Lipinski definition) is 3. The molecule has 3 N–H and O–H groups in total. The lowest BCUT2D eigenvalue weighted by Gasteiger charge is -2.12. The van der Waals surface area contributed by atoms with Crippen LogP contribution in [0.2, 0.25) is 0 Å². The molecule has 3 aromatic carbocycles. The molecule has 0 aromatic heterocycles. The van der Waals surface area contributed by atoms with Gasteiger partial charge in [0.15, 0.2) is 14.9 Å². The highest BCUT2D eigenvalue weighted by Gasteiger charge is 2.16. The zero-order valence-electron chi connectivity index (χ0n) is 18.1. The summed E-state index contributed by atoms with van der Waals surface area (Å²) < 4.78 is 56.4. The van der Waals surface area contributed by atoms with Gasteiger partial charge in [-0.25, -0.2) is 16.8 Å². The van der Waals surface area contributed by atoms with Crippen LogP contribution in [0, 0.1) is 0 Å². The van der Waals surface area contributed by atoms with Gasteiger partial charge in [0.25, 0.3) is 15.9 Å². The summed E-state index contributed by atoms with van der Waals surface area (Å²) in [7, 11) is -5.86. The highest BCUT2D eigenvalue weighted by Crippen LogP contribution is 2.21. The Labute approximate surface area is 203 Å². The van der Waals surface area contributed by atoms with Crippen molar-refractivity contribution < 1.29 is 26.4 Å². The zero-order valence-corrected chi connectivity index (χ0v) is 20.6. The number of carbonyl (C=O) groups excluding carboxylic acids is 1. The van der Waals surface area contributed by atoms with E-state index in [-0.39, 0.29) is 20.5 Å². The quantitative estimate of drug-likeness (QED) is 0.406. The Morgan fingerprint density at radius 1 is 0.853 bits per heavy atom. The summed E-state index contributed by atoms with van der Waals surface area (Å²) in [6.07, 6.45) is 1.04. The maximum atomic E-state index is 12.7. The number of methoxy groups -OCH3 is 1. The first-order valence-electron chi connectivity index (χ1n) is 9.67. The summed E-state index contributed by atoms with van der Waals surface area (Å²) in [5.41, 5.74) is 0.790. The number of carbonyl (C=O) groups is 1. The molecule has 0 saturated heterocycles. The molecule has 0 atom stereocenters. The fourth-order valence-corrected chi connectivity index (χ4v) is 4.80. The summed E-state index contributed by atoms with van der Waals surface area (Å²) in [4.78, 5) is 12.4. The van der Waals surface area contributed by atoms with Crippen molar-refractivity contribution in [3.8, 4) is 5.75 Å². The third-order valence-electron chi connectivity index (χ3n) is 4.50. The van der Waals surface area contributed by atoms with Gasteiger partial charge in [-0.15, -0.1) is 0 Å². The van der Waals surface area contributed by atoms with E-state index in [1.165, 1.54) is 49.6 Å². The van der Waals surface area contributed by atoms with Gasteiger partial charge in [0.05, 0.1) is 16.9 Å². The molecule has 0 aliphatic rings. The van der Waals surface area contributed by atoms with Crippen molar-refractivity contribution in [2.45, 2.75) is 9.79 Å². The number of rotatable bonds is 7. The minimum absolute atomic E-state index is 0.00120. The van der Waals surface area contributed by atoms with Crippen LogP contribution in [0.5, 0.6) is 5.75 Å². The van der Waals surface area contributed by atoms with Crippen molar-refractivity contribution in [3.63, 3.8) is 0 Å². The van der Waals surface area contributed by atoms with E-state index in [0.29, 0.717) is 17.1 Å². The number of hydrogen-bond acceptors (Lipinski definition) is 7. The molecule has 9 nitrogen and oxygen atoms in total. The maximum absolute atomic E-state index is 12.7. The molecule has 0 bridgehead atoms. The smallest absolute Gasteiger partial charge is 0.261 e. The molecule has 0 aliphatic heterocycles. The van der Waals surface area contributed by atoms with Gasteiger partial charge in [0.1, 0.15) is 5.75 Å². The topological polar surface area (TPSA) is 131 Å². The molecule has 3 aromatic rings. The molecule has 0 radical (unpaired) electrons. The largest absolute Gasteiger partial charge is 0.497 e. The van der Waals surface area contributed by atoms with Crippen LogP contribution in [-0.4, -0.2) is 41.2 Å². The number of ether oxygens (including phenoxy) is 1. The number of thiocarbonyl (C=S) groups is 1. The molecular weight excluding hydrogens is 498 g/mol. The highest BCUT2D eigenvalue weighted by atomic mass is 32.2. The summed E-state index contributed by atoms with van der Waals surface area (Å²) >= 11 is 5.15. The Bertz CT molecular complexity index is 1440. The van der Waals surface area contributed by atoms with Gasteiger partial charge in [0, 0.05) is 23.2 Å². The number of sulfonamides is 1. The SMILES string of the molecule is COc1ccc(NS(=O)(=O)c2cccc(NC(=S)NC(=O)c3cccc(S(C)(=O)=O)c3)c2)cc1. The van der Waals surface area contributed by atoms with Crippen molar-refractivity contribution in [1.82, 2.24) is 5.32 Å². The minimum atomic E-state index is -3.89. The Kier molecular flexibility index (Phi) is 7.54. The normalized spacial score (nSPS) is 11.4. The lowest BCUT2D eigenvalue weighted by Crippen LogP contribution is -2.34. The van der Waals surface area contributed by atoms with E-state index < -0.39 is 25.8 Å².